The van der Waals surface area contributed by atoms with Crippen LogP contribution in [0.25, 0.3) is 0 Å². The van der Waals surface area contributed by atoms with Crippen molar-refractivity contribution in [2.45, 2.75) is 37.3 Å². The van der Waals surface area contributed by atoms with E-state index in [0.717, 1.165) is 18.5 Å². The van der Waals surface area contributed by atoms with Crippen LogP contribution < -0.4 is 5.32 Å². The first-order valence-corrected chi connectivity index (χ1v) is 7.52. The number of rotatable bonds is 8. The Bertz CT molecular complexity index is 390. The van der Waals surface area contributed by atoms with Gasteiger partial charge in [0.05, 0.1) is 12.7 Å². The lowest BCUT2D eigenvalue weighted by Crippen LogP contribution is -2.20. The van der Waals surface area contributed by atoms with E-state index < -0.39 is 6.10 Å². The van der Waals surface area contributed by atoms with Crippen LogP contribution in [0.2, 0.25) is 0 Å². The van der Waals surface area contributed by atoms with Crippen LogP contribution in [0.4, 0.5) is 4.39 Å². The summed E-state index contributed by atoms with van der Waals surface area (Å²) in [6, 6.07) is 5.07. The molecule has 2 atom stereocenters. The minimum atomic E-state index is -0.823. The van der Waals surface area contributed by atoms with Crippen molar-refractivity contribution >= 4 is 11.8 Å². The van der Waals surface area contributed by atoms with Gasteiger partial charge in [0, 0.05) is 16.7 Å². The van der Waals surface area contributed by atoms with Crippen LogP contribution in [-0.2, 0) is 0 Å². The molecule has 108 valence electrons. The Kier molecular flexibility index (Phi) is 7.38. The molecule has 0 spiro atoms. The van der Waals surface area contributed by atoms with E-state index in [2.05, 4.69) is 12.2 Å². The Morgan fingerprint density at radius 2 is 2.16 bits per heavy atom. The van der Waals surface area contributed by atoms with E-state index in [9.17, 15) is 9.50 Å². The predicted octanol–water partition coefficient (Wildman–Crippen LogP) is 2.33. The van der Waals surface area contributed by atoms with Gasteiger partial charge in [-0.3, -0.25) is 0 Å². The molecule has 3 nitrogen and oxygen atoms in total. The molecule has 0 radical (unpaired) electrons. The molecular formula is C14H22FNO2S. The van der Waals surface area contributed by atoms with Gasteiger partial charge in [-0.05, 0) is 31.5 Å². The maximum absolute atomic E-state index is 13.9. The van der Waals surface area contributed by atoms with Gasteiger partial charge in [-0.15, -0.1) is 11.8 Å². The largest absolute Gasteiger partial charge is 0.394 e. The Labute approximate surface area is 118 Å². The highest BCUT2D eigenvalue weighted by Crippen LogP contribution is 2.30. The first kappa shape index (κ1) is 16.4. The molecule has 0 heterocycles. The standard InChI is InChI=1S/C14H22FNO2S/c1-3-7-16-10(2)12-5-4-6-13(15)14(12)19-9-11(18)8-17/h4-6,10-11,16-18H,3,7-9H2,1-2H3. The normalized spacial score (nSPS) is 14.4. The van der Waals surface area contributed by atoms with Crippen LogP contribution in [-0.4, -0.2) is 35.2 Å². The van der Waals surface area contributed by atoms with E-state index in [1.54, 1.807) is 6.07 Å². The zero-order valence-electron chi connectivity index (χ0n) is 11.4. The molecule has 1 aromatic rings. The molecular weight excluding hydrogens is 265 g/mol. The molecule has 3 N–H and O–H groups in total. The first-order valence-electron chi connectivity index (χ1n) is 6.53. The molecule has 0 bridgehead atoms. The Morgan fingerprint density at radius 1 is 1.42 bits per heavy atom. The average molecular weight is 287 g/mol. The van der Waals surface area contributed by atoms with Crippen LogP contribution in [0.15, 0.2) is 23.1 Å². The van der Waals surface area contributed by atoms with Gasteiger partial charge in [-0.1, -0.05) is 19.1 Å². The van der Waals surface area contributed by atoms with E-state index in [0.29, 0.717) is 4.90 Å². The lowest BCUT2D eigenvalue weighted by atomic mass is 10.1. The molecule has 5 heteroatoms. The lowest BCUT2D eigenvalue weighted by molar-refractivity contribution is 0.113. The van der Waals surface area contributed by atoms with Gasteiger partial charge in [0.25, 0.3) is 0 Å². The highest BCUT2D eigenvalue weighted by atomic mass is 32.2. The number of aliphatic hydroxyl groups is 2. The van der Waals surface area contributed by atoms with Gasteiger partial charge in [-0.25, -0.2) is 4.39 Å². The van der Waals surface area contributed by atoms with E-state index in [-0.39, 0.29) is 24.2 Å². The van der Waals surface area contributed by atoms with Gasteiger partial charge in [0.1, 0.15) is 5.82 Å². The molecule has 1 aromatic carbocycles. The number of thioether (sulfide) groups is 1. The van der Waals surface area contributed by atoms with Crippen molar-refractivity contribution < 1.29 is 14.6 Å². The number of hydrogen-bond donors (Lipinski definition) is 3. The third-order valence-corrected chi connectivity index (χ3v) is 4.07. The Hall–Kier alpha value is -0.620. The number of halogens is 1. The predicted molar refractivity (Wildman–Crippen MR) is 76.9 cm³/mol. The molecule has 19 heavy (non-hydrogen) atoms. The summed E-state index contributed by atoms with van der Waals surface area (Å²) in [6.07, 6.45) is 0.196. The molecule has 0 amide bonds. The van der Waals surface area contributed by atoms with Gasteiger partial charge in [0.2, 0.25) is 0 Å². The number of benzene rings is 1. The van der Waals surface area contributed by atoms with Crippen LogP contribution in [0.1, 0.15) is 31.9 Å². The average Bonchev–Trinajstić information content (AvgIpc) is 2.42. The summed E-state index contributed by atoms with van der Waals surface area (Å²) < 4.78 is 13.9. The summed E-state index contributed by atoms with van der Waals surface area (Å²) in [5, 5.41) is 21.5. The van der Waals surface area contributed by atoms with Crippen LogP contribution in [0.3, 0.4) is 0 Å². The second kappa shape index (κ2) is 8.53. The van der Waals surface area contributed by atoms with Crippen molar-refractivity contribution in [1.82, 2.24) is 5.32 Å². The smallest absolute Gasteiger partial charge is 0.137 e. The fraction of sp³-hybridized carbons (Fsp3) is 0.571. The monoisotopic (exact) mass is 287 g/mol. The first-order chi connectivity index (χ1) is 9.10. The fourth-order valence-electron chi connectivity index (χ4n) is 1.72. The quantitative estimate of drug-likeness (QED) is 0.642. The Balaban J connectivity index is 2.82. The van der Waals surface area contributed by atoms with E-state index in [4.69, 9.17) is 5.11 Å². The van der Waals surface area contributed by atoms with Crippen molar-refractivity contribution in [3.8, 4) is 0 Å². The molecule has 0 fully saturated rings. The van der Waals surface area contributed by atoms with Crippen molar-refractivity contribution in [3.63, 3.8) is 0 Å². The summed E-state index contributed by atoms with van der Waals surface area (Å²) in [5.74, 6) is 0.00284. The van der Waals surface area contributed by atoms with Gasteiger partial charge < -0.3 is 15.5 Å². The zero-order valence-corrected chi connectivity index (χ0v) is 12.2. The Morgan fingerprint density at radius 3 is 2.79 bits per heavy atom. The zero-order chi connectivity index (χ0) is 14.3. The van der Waals surface area contributed by atoms with Crippen molar-refractivity contribution in [3.05, 3.63) is 29.6 Å². The van der Waals surface area contributed by atoms with E-state index >= 15 is 0 Å². The molecule has 0 aliphatic carbocycles. The second-order valence-corrected chi connectivity index (χ2v) is 5.51. The lowest BCUT2D eigenvalue weighted by Gasteiger charge is -2.18. The van der Waals surface area contributed by atoms with Crippen molar-refractivity contribution in [2.75, 3.05) is 18.9 Å². The minimum Gasteiger partial charge on any atom is -0.394 e. The summed E-state index contributed by atoms with van der Waals surface area (Å²) in [4.78, 5) is 0.547. The van der Waals surface area contributed by atoms with Crippen molar-refractivity contribution in [1.29, 1.82) is 0 Å². The fourth-order valence-corrected chi connectivity index (χ4v) is 2.80. The maximum Gasteiger partial charge on any atom is 0.137 e. The van der Waals surface area contributed by atoms with Gasteiger partial charge >= 0.3 is 0 Å². The third-order valence-electron chi connectivity index (χ3n) is 2.80. The van der Waals surface area contributed by atoms with E-state index in [1.807, 2.05) is 13.0 Å². The SMILES string of the molecule is CCCNC(C)c1cccc(F)c1SCC(O)CO. The highest BCUT2D eigenvalue weighted by Gasteiger charge is 2.15. The van der Waals surface area contributed by atoms with Gasteiger partial charge in [-0.2, -0.15) is 0 Å². The third kappa shape index (κ3) is 5.10. The summed E-state index contributed by atoms with van der Waals surface area (Å²) in [6.45, 7) is 4.65. The molecule has 0 aliphatic heterocycles. The topological polar surface area (TPSA) is 52.5 Å². The van der Waals surface area contributed by atoms with Crippen LogP contribution in [0.5, 0.6) is 0 Å². The van der Waals surface area contributed by atoms with Crippen LogP contribution >= 0.6 is 11.8 Å². The molecule has 0 aliphatic rings. The summed E-state index contributed by atoms with van der Waals surface area (Å²) in [5.41, 5.74) is 0.892. The molecule has 1 rings (SSSR count). The number of nitrogens with one attached hydrogen (secondary N) is 1. The number of aliphatic hydroxyl groups excluding tert-OH is 2. The maximum atomic E-state index is 13.9. The molecule has 2 unspecified atom stereocenters. The van der Waals surface area contributed by atoms with Crippen LogP contribution in [0, 0.1) is 5.82 Å². The minimum absolute atomic E-state index is 0.0596. The molecule has 0 aromatic heterocycles. The van der Waals surface area contributed by atoms with E-state index in [1.165, 1.54) is 17.8 Å². The summed E-state index contributed by atoms with van der Waals surface area (Å²) >= 11 is 1.24. The second-order valence-electron chi connectivity index (χ2n) is 4.48. The highest BCUT2D eigenvalue weighted by molar-refractivity contribution is 7.99. The van der Waals surface area contributed by atoms with Gasteiger partial charge in [0.15, 0.2) is 0 Å². The molecule has 0 saturated carbocycles. The van der Waals surface area contributed by atoms with Crippen molar-refractivity contribution in [2.24, 2.45) is 0 Å². The number of hydrogen-bond acceptors (Lipinski definition) is 4. The summed E-state index contributed by atoms with van der Waals surface area (Å²) in [7, 11) is 0. The molecule has 0 saturated heterocycles.